The topological polar surface area (TPSA) is 111 Å². The number of hydrogen-bond donors (Lipinski definition) is 0. The van der Waals surface area contributed by atoms with Crippen LogP contribution in [0.25, 0.3) is 0 Å². The fraction of sp³-hybridized carbons (Fsp3) is 0.800. The Balaban J connectivity index is 4.17. The summed E-state index contributed by atoms with van der Waals surface area (Å²) in [6.45, 7) is 4.22. The predicted octanol–water partition coefficient (Wildman–Crippen LogP) is 17.3. The molecule has 0 aliphatic carbocycles. The van der Waals surface area contributed by atoms with E-state index in [1.807, 2.05) is 21.1 Å². The molecule has 0 aliphatic rings. The van der Waals surface area contributed by atoms with Gasteiger partial charge in [-0.05, 0) is 83.5 Å². The third kappa shape index (κ3) is 55.0. The Bertz CT molecular complexity index is 1370. The van der Waals surface area contributed by atoms with E-state index in [0.29, 0.717) is 17.4 Å². The van der Waals surface area contributed by atoms with E-state index < -0.39 is 26.5 Å². The number of ether oxygens (including phenoxy) is 2. The standard InChI is InChI=1S/C60H110NO8P/c1-6-8-10-12-14-16-18-20-22-24-26-27-28-29-30-31-32-33-35-37-39-41-43-45-47-49-51-53-60(63)69-58(57-68-70(64,65)67-55-54-61(3,4)5)56-66-59(62)52-50-48-46-44-42-40-38-36-34-25-23-21-19-17-15-13-11-9-7-2/h15,17-18,20-21,23-24,26,28-29,58H,6-14,16,19,22,25,27,30-57H2,1-5H3/b17-15-,20-18-,23-21-,26-24-,29-28-. The van der Waals surface area contributed by atoms with E-state index in [2.05, 4.69) is 74.6 Å². The smallest absolute Gasteiger partial charge is 0.306 e. The van der Waals surface area contributed by atoms with Crippen LogP contribution in [-0.2, 0) is 32.7 Å². The highest BCUT2D eigenvalue weighted by Gasteiger charge is 2.22. The van der Waals surface area contributed by atoms with Crippen molar-refractivity contribution >= 4 is 19.8 Å². The lowest BCUT2D eigenvalue weighted by atomic mass is 10.0. The number of phosphoric acid groups is 1. The van der Waals surface area contributed by atoms with Gasteiger partial charge in [0, 0.05) is 12.8 Å². The maximum Gasteiger partial charge on any atom is 0.306 e. The first-order chi connectivity index (χ1) is 34.0. The maximum atomic E-state index is 12.8. The molecule has 0 saturated heterocycles. The molecular weight excluding hydrogens is 894 g/mol. The monoisotopic (exact) mass is 1000 g/mol. The van der Waals surface area contributed by atoms with Gasteiger partial charge < -0.3 is 27.9 Å². The first kappa shape index (κ1) is 67.7. The van der Waals surface area contributed by atoms with E-state index in [1.165, 1.54) is 154 Å². The molecule has 10 heteroatoms. The molecule has 70 heavy (non-hydrogen) atoms. The Labute approximate surface area is 432 Å². The lowest BCUT2D eigenvalue weighted by Gasteiger charge is -2.28. The van der Waals surface area contributed by atoms with Gasteiger partial charge in [-0.15, -0.1) is 0 Å². The number of phosphoric ester groups is 1. The quantitative estimate of drug-likeness (QED) is 0.0195. The molecule has 0 spiro atoms. The van der Waals surface area contributed by atoms with Crippen molar-refractivity contribution in [2.24, 2.45) is 0 Å². The van der Waals surface area contributed by atoms with Gasteiger partial charge in [-0.1, -0.05) is 222 Å². The summed E-state index contributed by atoms with van der Waals surface area (Å²) in [7, 11) is 1.16. The van der Waals surface area contributed by atoms with E-state index in [0.717, 1.165) is 70.6 Å². The highest BCUT2D eigenvalue weighted by atomic mass is 31.2. The summed E-state index contributed by atoms with van der Waals surface area (Å²) in [4.78, 5) is 37.9. The molecule has 9 nitrogen and oxygen atoms in total. The fourth-order valence-corrected chi connectivity index (χ4v) is 8.72. The van der Waals surface area contributed by atoms with Gasteiger partial charge in [-0.2, -0.15) is 0 Å². The first-order valence-corrected chi connectivity index (χ1v) is 30.5. The van der Waals surface area contributed by atoms with Crippen molar-refractivity contribution in [2.45, 2.75) is 264 Å². The number of carbonyl (C=O) groups is 2. The van der Waals surface area contributed by atoms with Crippen LogP contribution in [0.5, 0.6) is 0 Å². The Kier molecular flexibility index (Phi) is 49.9. The lowest BCUT2D eigenvalue weighted by Crippen LogP contribution is -2.37. The molecule has 0 heterocycles. The summed E-state index contributed by atoms with van der Waals surface area (Å²) in [6.07, 6.45) is 65.4. The molecule has 0 aromatic carbocycles. The average molecular weight is 1000 g/mol. The minimum atomic E-state index is -4.64. The number of esters is 2. The molecule has 0 aliphatic heterocycles. The van der Waals surface area contributed by atoms with Gasteiger partial charge in [0.1, 0.15) is 19.8 Å². The maximum absolute atomic E-state index is 12.8. The lowest BCUT2D eigenvalue weighted by molar-refractivity contribution is -0.870. The highest BCUT2D eigenvalue weighted by molar-refractivity contribution is 7.45. The Hall–Kier alpha value is -2.29. The van der Waals surface area contributed by atoms with Gasteiger partial charge in [-0.25, -0.2) is 0 Å². The number of allylic oxidation sites excluding steroid dienone is 10. The normalized spacial score (nSPS) is 13.7. The van der Waals surface area contributed by atoms with E-state index in [4.69, 9.17) is 18.5 Å². The second-order valence-electron chi connectivity index (χ2n) is 20.6. The minimum Gasteiger partial charge on any atom is -0.756 e. The van der Waals surface area contributed by atoms with E-state index >= 15 is 0 Å². The zero-order valence-electron chi connectivity index (χ0n) is 46.2. The van der Waals surface area contributed by atoms with Gasteiger partial charge in [0.15, 0.2) is 6.10 Å². The molecule has 0 bridgehead atoms. The molecular formula is C60H110NO8P. The van der Waals surface area contributed by atoms with Crippen molar-refractivity contribution in [3.05, 3.63) is 60.8 Å². The minimum absolute atomic E-state index is 0.0332. The molecule has 0 N–H and O–H groups in total. The van der Waals surface area contributed by atoms with Gasteiger partial charge in [0.2, 0.25) is 0 Å². The van der Waals surface area contributed by atoms with Crippen molar-refractivity contribution in [3.63, 3.8) is 0 Å². The molecule has 0 amide bonds. The number of likely N-dealkylation sites (N-methyl/N-ethyl adjacent to an activating group) is 1. The van der Waals surface area contributed by atoms with Crippen molar-refractivity contribution in [1.29, 1.82) is 0 Å². The SMILES string of the molecule is CCCCC/C=C\C/C=C\CCCCCCCCCCCC(=O)OCC(COP(=O)([O-])OCC[N+](C)(C)C)OC(=O)CCCCCCCCCCCCCC/C=C\C/C=C\C/C=C\CCCCCCC. The van der Waals surface area contributed by atoms with Crippen LogP contribution in [0.4, 0.5) is 0 Å². The van der Waals surface area contributed by atoms with Gasteiger partial charge >= 0.3 is 11.9 Å². The molecule has 2 unspecified atom stereocenters. The van der Waals surface area contributed by atoms with E-state index in [-0.39, 0.29) is 32.0 Å². The number of unbranched alkanes of at least 4 members (excludes halogenated alkanes) is 29. The fourth-order valence-electron chi connectivity index (χ4n) is 7.99. The first-order valence-electron chi connectivity index (χ1n) is 29.0. The molecule has 2 atom stereocenters. The van der Waals surface area contributed by atoms with Crippen molar-refractivity contribution in [1.82, 2.24) is 0 Å². The largest absolute Gasteiger partial charge is 0.756 e. The summed E-state index contributed by atoms with van der Waals surface area (Å²) in [6, 6.07) is 0. The summed E-state index contributed by atoms with van der Waals surface area (Å²) in [5.74, 6) is -0.835. The zero-order valence-corrected chi connectivity index (χ0v) is 47.1. The second-order valence-corrected chi connectivity index (χ2v) is 22.1. The summed E-state index contributed by atoms with van der Waals surface area (Å²) in [5.41, 5.74) is 0. The van der Waals surface area contributed by atoms with Crippen LogP contribution in [0, 0.1) is 0 Å². The van der Waals surface area contributed by atoms with E-state index in [1.54, 1.807) is 0 Å². The van der Waals surface area contributed by atoms with Crippen molar-refractivity contribution in [3.8, 4) is 0 Å². The Morgan fingerprint density at radius 3 is 1.17 bits per heavy atom. The van der Waals surface area contributed by atoms with Crippen LogP contribution in [0.15, 0.2) is 60.8 Å². The molecule has 0 saturated carbocycles. The molecule has 0 fully saturated rings. The van der Waals surface area contributed by atoms with Crippen LogP contribution in [0.3, 0.4) is 0 Å². The Morgan fingerprint density at radius 2 is 0.771 bits per heavy atom. The van der Waals surface area contributed by atoms with Gasteiger partial charge in [-0.3, -0.25) is 14.2 Å². The summed E-state index contributed by atoms with van der Waals surface area (Å²) < 4.78 is 34.2. The number of quaternary nitrogens is 1. The number of nitrogens with zero attached hydrogens (tertiary/aromatic N) is 1. The second kappa shape index (κ2) is 51.6. The molecule has 408 valence electrons. The third-order valence-corrected chi connectivity index (χ3v) is 13.5. The number of rotatable bonds is 53. The number of carbonyl (C=O) groups excluding carboxylic acids is 2. The summed E-state index contributed by atoms with van der Waals surface area (Å²) >= 11 is 0. The van der Waals surface area contributed by atoms with Crippen molar-refractivity contribution in [2.75, 3.05) is 47.5 Å². The molecule has 0 radical (unpaired) electrons. The van der Waals surface area contributed by atoms with Crippen LogP contribution >= 0.6 is 7.82 Å². The zero-order chi connectivity index (χ0) is 51.3. The van der Waals surface area contributed by atoms with E-state index in [9.17, 15) is 19.0 Å². The molecule has 0 aromatic rings. The third-order valence-electron chi connectivity index (χ3n) is 12.5. The van der Waals surface area contributed by atoms with Crippen LogP contribution in [-0.4, -0.2) is 70.0 Å². The van der Waals surface area contributed by atoms with Gasteiger partial charge in [0.05, 0.1) is 27.7 Å². The molecule has 0 aromatic heterocycles. The van der Waals surface area contributed by atoms with Crippen LogP contribution in [0.1, 0.15) is 258 Å². The van der Waals surface area contributed by atoms with Gasteiger partial charge in [0.25, 0.3) is 7.82 Å². The predicted molar refractivity (Wildman–Crippen MR) is 296 cm³/mol. The Morgan fingerprint density at radius 1 is 0.443 bits per heavy atom. The average Bonchev–Trinajstić information content (AvgIpc) is 3.32. The molecule has 0 rings (SSSR count). The highest BCUT2D eigenvalue weighted by Crippen LogP contribution is 2.38. The summed E-state index contributed by atoms with van der Waals surface area (Å²) in [5, 5.41) is 0. The van der Waals surface area contributed by atoms with Crippen LogP contribution < -0.4 is 4.89 Å². The van der Waals surface area contributed by atoms with Crippen molar-refractivity contribution < 1.29 is 42.1 Å². The number of hydrogen-bond acceptors (Lipinski definition) is 8. The van der Waals surface area contributed by atoms with Crippen LogP contribution in [0.2, 0.25) is 0 Å².